The molecule has 0 saturated heterocycles. The van der Waals surface area contributed by atoms with Gasteiger partial charge in [0.15, 0.2) is 5.76 Å². The van der Waals surface area contributed by atoms with Crippen LogP contribution < -0.4 is 5.73 Å². The standard InChI is InChI=1S/C5H10N2O2.ClH/c1-4(8-2)5(6)7-9-3;/h1H2,2-3H3,(H2,6,7);1H. The van der Waals surface area contributed by atoms with E-state index in [0.29, 0.717) is 5.76 Å². The topological polar surface area (TPSA) is 56.8 Å². The SMILES string of the molecule is C=C(OC)C(N)=NOC.Cl. The van der Waals surface area contributed by atoms with E-state index in [0.717, 1.165) is 0 Å². The highest BCUT2D eigenvalue weighted by Gasteiger charge is 1.96. The lowest BCUT2D eigenvalue weighted by Crippen LogP contribution is -2.15. The molecule has 0 aliphatic carbocycles. The third-order valence-electron chi connectivity index (χ3n) is 0.722. The molecule has 2 N–H and O–H groups in total. The molecule has 0 radical (unpaired) electrons. The fourth-order valence-electron chi connectivity index (χ4n) is 0.254. The van der Waals surface area contributed by atoms with Crippen molar-refractivity contribution >= 4 is 18.2 Å². The summed E-state index contributed by atoms with van der Waals surface area (Å²) in [5, 5.41) is 3.37. The van der Waals surface area contributed by atoms with Crippen LogP contribution >= 0.6 is 12.4 Å². The fourth-order valence-corrected chi connectivity index (χ4v) is 0.254. The molecule has 0 heterocycles. The third kappa shape index (κ3) is 4.03. The number of halogens is 1. The molecule has 0 unspecified atom stereocenters. The van der Waals surface area contributed by atoms with Gasteiger partial charge < -0.3 is 15.3 Å². The highest BCUT2D eigenvalue weighted by atomic mass is 35.5. The minimum absolute atomic E-state index is 0. The van der Waals surface area contributed by atoms with Crippen LogP contribution in [0, 0.1) is 0 Å². The Morgan fingerprint density at radius 1 is 1.50 bits per heavy atom. The zero-order valence-electron chi connectivity index (χ0n) is 5.96. The molecule has 0 aliphatic rings. The first kappa shape index (κ1) is 11.8. The number of hydrogen-bond acceptors (Lipinski definition) is 3. The maximum atomic E-state index is 5.24. The third-order valence-corrected chi connectivity index (χ3v) is 0.722. The highest BCUT2D eigenvalue weighted by molar-refractivity contribution is 5.93. The Morgan fingerprint density at radius 2 is 2.00 bits per heavy atom. The van der Waals surface area contributed by atoms with E-state index in [-0.39, 0.29) is 18.2 Å². The molecule has 60 valence electrons. The quantitative estimate of drug-likeness (QED) is 0.287. The van der Waals surface area contributed by atoms with Gasteiger partial charge in [0.05, 0.1) is 7.11 Å². The maximum Gasteiger partial charge on any atom is 0.204 e. The van der Waals surface area contributed by atoms with Gasteiger partial charge in [-0.25, -0.2) is 0 Å². The number of hydrogen-bond donors (Lipinski definition) is 1. The fraction of sp³-hybridized carbons (Fsp3) is 0.400. The van der Waals surface area contributed by atoms with Crippen LogP contribution in [0.2, 0.25) is 0 Å². The molecular weight excluding hydrogens is 156 g/mol. The van der Waals surface area contributed by atoms with Crippen LogP contribution in [0.4, 0.5) is 0 Å². The predicted octanol–water partition coefficient (Wildman–Crippen LogP) is 0.487. The van der Waals surface area contributed by atoms with Gasteiger partial charge in [-0.05, 0) is 0 Å². The molecule has 0 aliphatic heterocycles. The Balaban J connectivity index is 0. The van der Waals surface area contributed by atoms with E-state index in [1.165, 1.54) is 14.2 Å². The van der Waals surface area contributed by atoms with Crippen molar-refractivity contribution in [3.63, 3.8) is 0 Å². The average Bonchev–Trinajstić information content (AvgIpc) is 1.87. The monoisotopic (exact) mass is 166 g/mol. The molecule has 0 fully saturated rings. The lowest BCUT2D eigenvalue weighted by Gasteiger charge is -1.99. The van der Waals surface area contributed by atoms with Crippen molar-refractivity contribution in [1.82, 2.24) is 0 Å². The second-order valence-corrected chi connectivity index (χ2v) is 1.29. The van der Waals surface area contributed by atoms with E-state index in [1.807, 2.05) is 0 Å². The van der Waals surface area contributed by atoms with Crippen molar-refractivity contribution in [2.75, 3.05) is 14.2 Å². The number of nitrogens with two attached hydrogens (primary N) is 1. The number of amidine groups is 1. The molecule has 4 nitrogen and oxygen atoms in total. The van der Waals surface area contributed by atoms with Crippen molar-refractivity contribution in [2.45, 2.75) is 0 Å². The Labute approximate surface area is 66.1 Å². The van der Waals surface area contributed by atoms with Crippen molar-refractivity contribution in [3.05, 3.63) is 12.3 Å². The molecule has 0 bridgehead atoms. The molecule has 0 aromatic rings. The number of rotatable bonds is 3. The molecule has 0 amide bonds. The molecule has 5 heteroatoms. The Bertz CT molecular complexity index is 136. The summed E-state index contributed by atoms with van der Waals surface area (Å²) < 4.78 is 4.63. The molecule has 0 aromatic carbocycles. The van der Waals surface area contributed by atoms with Gasteiger partial charge in [-0.3, -0.25) is 0 Å². The van der Waals surface area contributed by atoms with Crippen molar-refractivity contribution < 1.29 is 9.57 Å². The zero-order chi connectivity index (χ0) is 7.28. The first-order valence-electron chi connectivity index (χ1n) is 2.32. The van der Waals surface area contributed by atoms with Gasteiger partial charge in [0.2, 0.25) is 5.84 Å². The number of methoxy groups -OCH3 is 1. The average molecular weight is 167 g/mol. The van der Waals surface area contributed by atoms with Gasteiger partial charge in [0.25, 0.3) is 0 Å². The molecule has 0 atom stereocenters. The second kappa shape index (κ2) is 6.22. The molecule has 0 rings (SSSR count). The van der Waals surface area contributed by atoms with Gasteiger partial charge in [-0.2, -0.15) is 0 Å². The first-order chi connectivity index (χ1) is 4.22. The van der Waals surface area contributed by atoms with Crippen LogP contribution in [-0.2, 0) is 9.57 Å². The van der Waals surface area contributed by atoms with E-state index >= 15 is 0 Å². The summed E-state index contributed by atoms with van der Waals surface area (Å²) in [4.78, 5) is 4.35. The van der Waals surface area contributed by atoms with E-state index in [2.05, 4.69) is 21.3 Å². The number of oxime groups is 1. The summed E-state index contributed by atoms with van der Waals surface area (Å²) in [5.41, 5.74) is 5.24. The van der Waals surface area contributed by atoms with Crippen LogP contribution in [0.1, 0.15) is 0 Å². The smallest absolute Gasteiger partial charge is 0.204 e. The largest absolute Gasteiger partial charge is 0.493 e. The summed E-state index contributed by atoms with van der Waals surface area (Å²) in [7, 11) is 2.86. The normalized spacial score (nSPS) is 9.60. The van der Waals surface area contributed by atoms with Crippen LogP contribution in [-0.4, -0.2) is 20.1 Å². The van der Waals surface area contributed by atoms with Crippen LogP contribution in [0.25, 0.3) is 0 Å². The van der Waals surface area contributed by atoms with Gasteiger partial charge in [0, 0.05) is 0 Å². The van der Waals surface area contributed by atoms with Crippen molar-refractivity contribution in [3.8, 4) is 0 Å². The van der Waals surface area contributed by atoms with E-state index < -0.39 is 0 Å². The predicted molar refractivity (Wildman–Crippen MR) is 42.0 cm³/mol. The Hall–Kier alpha value is -0.900. The zero-order valence-corrected chi connectivity index (χ0v) is 6.77. The lowest BCUT2D eigenvalue weighted by molar-refractivity contribution is 0.209. The number of ether oxygens (including phenoxy) is 1. The van der Waals surface area contributed by atoms with E-state index in [1.54, 1.807) is 0 Å². The first-order valence-corrected chi connectivity index (χ1v) is 2.32. The molecular formula is C5H11ClN2O2. The Kier molecular flexibility index (Phi) is 7.37. The lowest BCUT2D eigenvalue weighted by atomic mass is 10.5. The van der Waals surface area contributed by atoms with E-state index in [4.69, 9.17) is 5.73 Å². The molecule has 0 spiro atoms. The highest BCUT2D eigenvalue weighted by Crippen LogP contribution is 1.89. The molecule has 0 saturated carbocycles. The molecule has 10 heavy (non-hydrogen) atoms. The maximum absolute atomic E-state index is 5.24. The van der Waals surface area contributed by atoms with Crippen LogP contribution in [0.3, 0.4) is 0 Å². The summed E-state index contributed by atoms with van der Waals surface area (Å²) in [6, 6.07) is 0. The minimum atomic E-state index is 0. The number of nitrogens with zero attached hydrogens (tertiary/aromatic N) is 1. The summed E-state index contributed by atoms with van der Waals surface area (Å²) >= 11 is 0. The summed E-state index contributed by atoms with van der Waals surface area (Å²) in [6.45, 7) is 3.43. The van der Waals surface area contributed by atoms with Crippen molar-refractivity contribution in [1.29, 1.82) is 0 Å². The minimum Gasteiger partial charge on any atom is -0.493 e. The summed E-state index contributed by atoms with van der Waals surface area (Å²) in [6.07, 6.45) is 0. The van der Waals surface area contributed by atoms with Crippen LogP contribution in [0.5, 0.6) is 0 Å². The van der Waals surface area contributed by atoms with Crippen LogP contribution in [0.15, 0.2) is 17.5 Å². The van der Waals surface area contributed by atoms with Gasteiger partial charge in [-0.1, -0.05) is 11.7 Å². The second-order valence-electron chi connectivity index (χ2n) is 1.29. The Morgan fingerprint density at radius 3 is 2.30 bits per heavy atom. The molecule has 0 aromatic heterocycles. The van der Waals surface area contributed by atoms with E-state index in [9.17, 15) is 0 Å². The van der Waals surface area contributed by atoms with Gasteiger partial charge in [-0.15, -0.1) is 12.4 Å². The van der Waals surface area contributed by atoms with Gasteiger partial charge >= 0.3 is 0 Å². The van der Waals surface area contributed by atoms with Gasteiger partial charge in [0.1, 0.15) is 7.11 Å². The summed E-state index contributed by atoms with van der Waals surface area (Å²) in [5.74, 6) is 0.455. The van der Waals surface area contributed by atoms with Crippen molar-refractivity contribution in [2.24, 2.45) is 10.9 Å².